The van der Waals surface area contributed by atoms with Crippen LogP contribution in [-0.2, 0) is 9.53 Å². The Balaban J connectivity index is 1.23. The van der Waals surface area contributed by atoms with Crippen molar-refractivity contribution in [3.05, 3.63) is 36.2 Å². The Morgan fingerprint density at radius 2 is 1.87 bits per heavy atom. The number of carbonyl (C=O) groups is 1. The second-order valence-electron chi connectivity index (χ2n) is 11.0. The first kappa shape index (κ1) is 26.5. The minimum absolute atomic E-state index is 0.0239. The molecule has 0 aromatic carbocycles. The summed E-state index contributed by atoms with van der Waals surface area (Å²) in [7, 11) is 3.35. The highest BCUT2D eigenvalue weighted by molar-refractivity contribution is 5.69. The molecular weight excluding hydrogens is 484 g/mol. The summed E-state index contributed by atoms with van der Waals surface area (Å²) in [6, 6.07) is 5.88. The van der Waals surface area contributed by atoms with Crippen LogP contribution >= 0.6 is 0 Å². The number of carboxylic acids is 1. The number of nitrogens with zero attached hydrogens (tertiary/aromatic N) is 4. The van der Waals surface area contributed by atoms with Crippen LogP contribution in [0.15, 0.2) is 30.6 Å². The third-order valence-corrected chi connectivity index (χ3v) is 8.50. The van der Waals surface area contributed by atoms with E-state index in [1.54, 1.807) is 20.4 Å². The summed E-state index contributed by atoms with van der Waals surface area (Å²) in [6.07, 6.45) is 10.7. The van der Waals surface area contributed by atoms with Crippen molar-refractivity contribution >= 4 is 17.3 Å². The van der Waals surface area contributed by atoms with E-state index in [1.807, 2.05) is 18.3 Å². The van der Waals surface area contributed by atoms with E-state index in [-0.39, 0.29) is 24.7 Å². The fraction of sp³-hybridized carbons (Fsp3) is 0.621. The highest BCUT2D eigenvalue weighted by Crippen LogP contribution is 2.41. The maximum atomic E-state index is 11.3. The molecule has 9 nitrogen and oxygen atoms in total. The van der Waals surface area contributed by atoms with E-state index >= 15 is 0 Å². The molecule has 38 heavy (non-hydrogen) atoms. The molecule has 3 aliphatic rings. The molecule has 1 saturated carbocycles. The number of ether oxygens (including phenoxy) is 3. The number of piperidine rings is 1. The van der Waals surface area contributed by atoms with Crippen molar-refractivity contribution in [3.63, 3.8) is 0 Å². The van der Waals surface area contributed by atoms with E-state index in [9.17, 15) is 9.90 Å². The van der Waals surface area contributed by atoms with Crippen LogP contribution in [0.2, 0.25) is 0 Å². The lowest BCUT2D eigenvalue weighted by Crippen LogP contribution is -2.45. The first-order chi connectivity index (χ1) is 18.4. The number of pyridine rings is 2. The third kappa shape index (κ3) is 5.82. The molecule has 0 spiro atoms. The van der Waals surface area contributed by atoms with E-state index in [4.69, 9.17) is 14.2 Å². The molecule has 2 aromatic rings. The summed E-state index contributed by atoms with van der Waals surface area (Å²) in [4.78, 5) is 25.0. The van der Waals surface area contributed by atoms with Gasteiger partial charge in [-0.3, -0.25) is 4.79 Å². The predicted octanol–water partition coefficient (Wildman–Crippen LogP) is 4.51. The lowest BCUT2D eigenvalue weighted by molar-refractivity contribution is -0.137. The predicted molar refractivity (Wildman–Crippen MR) is 145 cm³/mol. The van der Waals surface area contributed by atoms with Crippen LogP contribution in [0.1, 0.15) is 63.4 Å². The number of methoxy groups -OCH3 is 2. The molecule has 2 aliphatic heterocycles. The average Bonchev–Trinajstić information content (AvgIpc) is 3.60. The smallest absolute Gasteiger partial charge is 0.305 e. The van der Waals surface area contributed by atoms with Gasteiger partial charge >= 0.3 is 5.97 Å². The van der Waals surface area contributed by atoms with Crippen LogP contribution in [0.5, 0.6) is 11.8 Å². The molecule has 4 heterocycles. The van der Waals surface area contributed by atoms with Crippen molar-refractivity contribution in [1.29, 1.82) is 0 Å². The first-order valence-electron chi connectivity index (χ1n) is 13.9. The van der Waals surface area contributed by atoms with Crippen LogP contribution in [0.25, 0.3) is 0 Å². The van der Waals surface area contributed by atoms with Crippen LogP contribution in [0.4, 0.5) is 11.4 Å². The molecular formula is C29H40N4O5. The summed E-state index contributed by atoms with van der Waals surface area (Å²) < 4.78 is 17.3. The number of aliphatic carboxylic acids is 1. The second-order valence-corrected chi connectivity index (χ2v) is 11.0. The molecule has 3 fully saturated rings. The van der Waals surface area contributed by atoms with E-state index in [0.717, 1.165) is 25.2 Å². The van der Waals surface area contributed by atoms with Gasteiger partial charge in [-0.25, -0.2) is 9.97 Å². The summed E-state index contributed by atoms with van der Waals surface area (Å²) in [5.41, 5.74) is 3.51. The largest absolute Gasteiger partial charge is 0.481 e. The summed E-state index contributed by atoms with van der Waals surface area (Å²) in [5.74, 6) is 1.37. The Hall–Kier alpha value is -3.07. The lowest BCUT2D eigenvalue weighted by atomic mass is 9.93. The Kier molecular flexibility index (Phi) is 8.21. The van der Waals surface area contributed by atoms with Crippen molar-refractivity contribution in [2.45, 2.75) is 76.0 Å². The number of carboxylic acid groups (broad SMARTS) is 1. The molecule has 5 rings (SSSR count). The lowest BCUT2D eigenvalue weighted by Gasteiger charge is -2.39. The zero-order chi connectivity index (χ0) is 26.6. The number of rotatable bonds is 9. The molecule has 1 aliphatic carbocycles. The van der Waals surface area contributed by atoms with Crippen LogP contribution in [0, 0.1) is 5.92 Å². The number of aromatic nitrogens is 2. The van der Waals surface area contributed by atoms with Crippen molar-refractivity contribution in [3.8, 4) is 11.8 Å². The quantitative estimate of drug-likeness (QED) is 0.508. The van der Waals surface area contributed by atoms with Gasteiger partial charge in [0.15, 0.2) is 0 Å². The number of hydrogen-bond donors (Lipinski definition) is 1. The van der Waals surface area contributed by atoms with Gasteiger partial charge in [0.25, 0.3) is 0 Å². The molecule has 2 aromatic heterocycles. The minimum Gasteiger partial charge on any atom is -0.481 e. The minimum atomic E-state index is -0.800. The van der Waals surface area contributed by atoms with E-state index in [2.05, 4.69) is 32.8 Å². The van der Waals surface area contributed by atoms with E-state index in [1.165, 1.54) is 36.9 Å². The first-order valence-corrected chi connectivity index (χ1v) is 13.9. The Bertz CT molecular complexity index is 1090. The summed E-state index contributed by atoms with van der Waals surface area (Å²) in [5, 5.41) is 9.32. The standard InChI is InChI=1S/C29H40N4O5/c1-19-17-32(25-14-28(37-3)31-16-24(25)20-6-4-5-7-20)11-10-26(19)38-27-9-8-21(15-30-27)33-18-23(36-2)12-22(33)13-29(34)35/h8-9,14-16,19-20,22-23,26H,4-7,10-13,17-18H2,1-3H3,(H,34,35)/t19?,22-,23-,26?/m1/s1. The Morgan fingerprint density at radius 1 is 1.08 bits per heavy atom. The zero-order valence-electron chi connectivity index (χ0n) is 22.7. The maximum Gasteiger partial charge on any atom is 0.305 e. The molecule has 1 N–H and O–H groups in total. The molecule has 0 bridgehead atoms. The normalized spacial score (nSPS) is 26.1. The van der Waals surface area contributed by atoms with Gasteiger partial charge < -0.3 is 29.1 Å². The van der Waals surface area contributed by atoms with Gasteiger partial charge in [-0.2, -0.15) is 0 Å². The van der Waals surface area contributed by atoms with Crippen LogP contribution in [0.3, 0.4) is 0 Å². The Morgan fingerprint density at radius 3 is 2.53 bits per heavy atom. The average molecular weight is 525 g/mol. The van der Waals surface area contributed by atoms with Crippen LogP contribution < -0.4 is 19.3 Å². The monoisotopic (exact) mass is 524 g/mol. The fourth-order valence-electron chi connectivity index (χ4n) is 6.41. The zero-order valence-corrected chi connectivity index (χ0v) is 22.7. The van der Waals surface area contributed by atoms with Gasteiger partial charge in [-0.05, 0) is 36.8 Å². The van der Waals surface area contributed by atoms with Crippen molar-refractivity contribution in [1.82, 2.24) is 9.97 Å². The van der Waals surface area contributed by atoms with Crippen molar-refractivity contribution in [2.75, 3.05) is 43.7 Å². The summed E-state index contributed by atoms with van der Waals surface area (Å²) >= 11 is 0. The van der Waals surface area contributed by atoms with Gasteiger partial charge in [0.2, 0.25) is 11.8 Å². The van der Waals surface area contributed by atoms with Crippen LogP contribution in [-0.4, -0.2) is 73.1 Å². The van der Waals surface area contributed by atoms with Gasteiger partial charge in [0, 0.05) is 69.1 Å². The van der Waals surface area contributed by atoms with Gasteiger partial charge in [0.1, 0.15) is 6.10 Å². The molecule has 2 saturated heterocycles. The van der Waals surface area contributed by atoms with Gasteiger partial charge in [-0.1, -0.05) is 19.8 Å². The number of hydrogen-bond acceptors (Lipinski definition) is 8. The molecule has 9 heteroatoms. The fourth-order valence-corrected chi connectivity index (χ4v) is 6.41. The van der Waals surface area contributed by atoms with Gasteiger partial charge in [-0.15, -0.1) is 0 Å². The van der Waals surface area contributed by atoms with Gasteiger partial charge in [0.05, 0.1) is 31.5 Å². The van der Waals surface area contributed by atoms with Crippen molar-refractivity contribution in [2.24, 2.45) is 5.92 Å². The second kappa shape index (κ2) is 11.8. The molecule has 206 valence electrons. The van der Waals surface area contributed by atoms with E-state index < -0.39 is 5.97 Å². The molecule has 4 atom stereocenters. The SMILES string of the molecule is COc1cc(N2CCC(Oc3ccc(N4C[C@H](OC)C[C@@H]4CC(=O)O)cn3)C(C)C2)c(C2CCCC2)cn1. The topological polar surface area (TPSA) is 97.2 Å². The molecule has 0 radical (unpaired) electrons. The summed E-state index contributed by atoms with van der Waals surface area (Å²) in [6.45, 7) is 4.71. The van der Waals surface area contributed by atoms with Crippen molar-refractivity contribution < 1.29 is 24.1 Å². The molecule has 0 amide bonds. The molecule has 2 unspecified atom stereocenters. The Labute approximate surface area is 225 Å². The van der Waals surface area contributed by atoms with E-state index in [0.29, 0.717) is 36.6 Å². The highest BCUT2D eigenvalue weighted by Gasteiger charge is 2.34. The maximum absolute atomic E-state index is 11.3. The highest BCUT2D eigenvalue weighted by atomic mass is 16.5. The third-order valence-electron chi connectivity index (χ3n) is 8.50. The number of anilines is 2.